The van der Waals surface area contributed by atoms with Gasteiger partial charge in [-0.15, -0.1) is 0 Å². The summed E-state index contributed by atoms with van der Waals surface area (Å²) in [6.07, 6.45) is 56.7. The number of aliphatic hydroxyl groups excluding tert-OH is 1. The van der Waals surface area contributed by atoms with Crippen LogP contribution < -0.4 is 0 Å². The fraction of sp³-hybridized carbons (Fsp3) is 0.949. The average Bonchev–Trinajstić information content (AvgIpc) is 1.12. The molecule has 2 unspecified atom stereocenters. The van der Waals surface area contributed by atoms with Gasteiger partial charge >= 0.3 is 39.5 Å². The minimum absolute atomic E-state index is 0.107. The van der Waals surface area contributed by atoms with Crippen LogP contribution in [0.3, 0.4) is 0 Å². The second-order valence-corrected chi connectivity index (χ2v) is 32.8. The lowest BCUT2D eigenvalue weighted by Gasteiger charge is -2.21. The van der Waals surface area contributed by atoms with E-state index in [4.69, 9.17) is 37.0 Å². The first-order valence-corrected chi connectivity index (χ1v) is 43.8. The molecule has 582 valence electrons. The Bertz CT molecular complexity index is 1900. The summed E-state index contributed by atoms with van der Waals surface area (Å²) in [7, 11) is -9.92. The molecule has 19 heteroatoms. The van der Waals surface area contributed by atoms with Gasteiger partial charge in [-0.1, -0.05) is 357 Å². The van der Waals surface area contributed by atoms with Crippen LogP contribution in [-0.2, 0) is 65.4 Å². The standard InChI is InChI=1S/C79H154O17P2/c1-8-9-10-11-12-13-22-32-39-46-53-60-76(81)89-66-74(96-79(84)63-56-49-42-35-28-21-20-25-31-38-45-52-59-72(6)7)68-93-97(85,86)91-64-73(80)65-92-98(87,88)94-69-75(95-78(83)62-55-48-41-34-27-19-15-17-24-30-37-44-51-58-71(4)5)67-90-77(82)61-54-47-40-33-26-18-14-16-23-29-36-43-50-57-70(2)3/h70-75,80H,8-69H2,1-7H3,(H,85,86)(H,87,88)/t73-,74+,75+/m0/s1. The summed E-state index contributed by atoms with van der Waals surface area (Å²) in [5.41, 5.74) is 0. The van der Waals surface area contributed by atoms with Crippen LogP contribution in [0, 0.1) is 17.8 Å². The van der Waals surface area contributed by atoms with Gasteiger partial charge in [-0.05, 0) is 43.4 Å². The van der Waals surface area contributed by atoms with Crippen LogP contribution in [-0.4, -0.2) is 96.7 Å². The summed E-state index contributed by atoms with van der Waals surface area (Å²) < 4.78 is 68.7. The van der Waals surface area contributed by atoms with Gasteiger partial charge in [-0.25, -0.2) is 9.13 Å². The largest absolute Gasteiger partial charge is 0.472 e. The van der Waals surface area contributed by atoms with Crippen LogP contribution in [0.15, 0.2) is 0 Å². The molecule has 0 saturated carbocycles. The smallest absolute Gasteiger partial charge is 0.462 e. The number of unbranched alkanes of at least 4 members (excludes halogenated alkanes) is 45. The number of hydrogen-bond acceptors (Lipinski definition) is 15. The highest BCUT2D eigenvalue weighted by atomic mass is 31.2. The van der Waals surface area contributed by atoms with Crippen LogP contribution in [0.1, 0.15) is 408 Å². The van der Waals surface area contributed by atoms with Crippen molar-refractivity contribution in [3.8, 4) is 0 Å². The lowest BCUT2D eigenvalue weighted by molar-refractivity contribution is -0.161. The van der Waals surface area contributed by atoms with Gasteiger partial charge in [0.25, 0.3) is 0 Å². The van der Waals surface area contributed by atoms with E-state index < -0.39 is 97.5 Å². The van der Waals surface area contributed by atoms with Crippen LogP contribution in [0.25, 0.3) is 0 Å². The van der Waals surface area contributed by atoms with Crippen LogP contribution in [0.4, 0.5) is 0 Å². The van der Waals surface area contributed by atoms with Crippen molar-refractivity contribution in [1.29, 1.82) is 0 Å². The second kappa shape index (κ2) is 69.4. The molecule has 0 aliphatic carbocycles. The molecular formula is C79H154O17P2. The number of rotatable bonds is 77. The Morgan fingerprint density at radius 1 is 0.276 bits per heavy atom. The van der Waals surface area contributed by atoms with Gasteiger partial charge < -0.3 is 33.8 Å². The van der Waals surface area contributed by atoms with Gasteiger partial charge in [0.15, 0.2) is 12.2 Å². The number of esters is 4. The molecule has 0 aromatic rings. The van der Waals surface area contributed by atoms with Crippen molar-refractivity contribution >= 4 is 39.5 Å². The van der Waals surface area contributed by atoms with E-state index in [9.17, 15) is 43.2 Å². The lowest BCUT2D eigenvalue weighted by atomic mass is 10.0. The quantitative estimate of drug-likeness (QED) is 0.0222. The zero-order valence-corrected chi connectivity index (χ0v) is 66.0. The van der Waals surface area contributed by atoms with E-state index in [1.54, 1.807) is 0 Å². The fourth-order valence-corrected chi connectivity index (χ4v) is 13.7. The predicted molar refractivity (Wildman–Crippen MR) is 400 cm³/mol. The molecule has 0 rings (SSSR count). The molecule has 0 aromatic carbocycles. The lowest BCUT2D eigenvalue weighted by Crippen LogP contribution is -2.30. The van der Waals surface area contributed by atoms with E-state index in [2.05, 4.69) is 48.5 Å². The summed E-state index contributed by atoms with van der Waals surface area (Å²) in [4.78, 5) is 73.0. The number of carbonyl (C=O) groups excluding carboxylic acids is 4. The summed E-state index contributed by atoms with van der Waals surface area (Å²) >= 11 is 0. The molecular weight excluding hydrogens is 1280 g/mol. The third kappa shape index (κ3) is 72.4. The van der Waals surface area contributed by atoms with Crippen LogP contribution in [0.2, 0.25) is 0 Å². The molecule has 0 spiro atoms. The Balaban J connectivity index is 5.26. The van der Waals surface area contributed by atoms with Crippen molar-refractivity contribution < 1.29 is 80.2 Å². The fourth-order valence-electron chi connectivity index (χ4n) is 12.1. The molecule has 0 aromatic heterocycles. The highest BCUT2D eigenvalue weighted by Crippen LogP contribution is 2.45. The Morgan fingerprint density at radius 3 is 0.694 bits per heavy atom. The van der Waals surface area contributed by atoms with Crippen LogP contribution in [0.5, 0.6) is 0 Å². The molecule has 98 heavy (non-hydrogen) atoms. The normalized spacial score (nSPS) is 14.0. The Hall–Kier alpha value is -1.94. The van der Waals surface area contributed by atoms with E-state index in [0.717, 1.165) is 108 Å². The van der Waals surface area contributed by atoms with Gasteiger partial charge in [0.2, 0.25) is 0 Å². The van der Waals surface area contributed by atoms with Gasteiger partial charge in [0.1, 0.15) is 19.3 Å². The maximum atomic E-state index is 13.1. The van der Waals surface area contributed by atoms with Crippen molar-refractivity contribution in [2.24, 2.45) is 17.8 Å². The van der Waals surface area contributed by atoms with Crippen molar-refractivity contribution in [1.82, 2.24) is 0 Å². The number of aliphatic hydroxyl groups is 1. The zero-order valence-electron chi connectivity index (χ0n) is 64.3. The summed E-state index contributed by atoms with van der Waals surface area (Å²) in [6.45, 7) is 12.0. The van der Waals surface area contributed by atoms with E-state index in [-0.39, 0.29) is 25.7 Å². The minimum atomic E-state index is -4.96. The first-order valence-electron chi connectivity index (χ1n) is 40.8. The molecule has 0 radical (unpaired) electrons. The third-order valence-corrected chi connectivity index (χ3v) is 20.3. The maximum absolute atomic E-state index is 13.1. The summed E-state index contributed by atoms with van der Waals surface area (Å²) in [5.74, 6) is 0.243. The molecule has 0 fully saturated rings. The first kappa shape index (κ1) is 96.1. The molecule has 17 nitrogen and oxygen atoms in total. The molecule has 0 aliphatic rings. The number of phosphoric acid groups is 2. The van der Waals surface area contributed by atoms with Gasteiger partial charge in [-0.3, -0.25) is 37.3 Å². The van der Waals surface area contributed by atoms with E-state index in [0.29, 0.717) is 25.7 Å². The van der Waals surface area contributed by atoms with E-state index >= 15 is 0 Å². The summed E-state index contributed by atoms with van der Waals surface area (Å²) in [5, 5.41) is 10.6. The molecule has 3 N–H and O–H groups in total. The van der Waals surface area contributed by atoms with Crippen molar-refractivity contribution in [3.05, 3.63) is 0 Å². The SMILES string of the molecule is CCCCCCCCCCCCCC(=O)OC[C@H](COP(=O)(O)OC[C@H](O)COP(=O)(O)OC[C@@H](COC(=O)CCCCCCCCCCCCCCCC(C)C)OC(=O)CCCCCCCCCCCCCCCC(C)C)OC(=O)CCCCCCCCCCCCCCC(C)C. The molecule has 0 bridgehead atoms. The highest BCUT2D eigenvalue weighted by molar-refractivity contribution is 7.47. The zero-order chi connectivity index (χ0) is 72.3. The Morgan fingerprint density at radius 2 is 0.469 bits per heavy atom. The number of phosphoric ester groups is 2. The maximum Gasteiger partial charge on any atom is 0.472 e. The van der Waals surface area contributed by atoms with Gasteiger partial charge in [-0.2, -0.15) is 0 Å². The Labute approximate surface area is 600 Å². The Kier molecular flexibility index (Phi) is 68.1. The topological polar surface area (TPSA) is 237 Å². The van der Waals surface area contributed by atoms with Crippen molar-refractivity contribution in [2.75, 3.05) is 39.6 Å². The molecule has 0 heterocycles. The monoisotopic (exact) mass is 1440 g/mol. The van der Waals surface area contributed by atoms with Crippen LogP contribution >= 0.6 is 15.6 Å². The number of hydrogen-bond donors (Lipinski definition) is 3. The van der Waals surface area contributed by atoms with Gasteiger partial charge in [0, 0.05) is 25.7 Å². The van der Waals surface area contributed by atoms with E-state index in [1.807, 2.05) is 0 Å². The number of carbonyl (C=O) groups is 4. The second-order valence-electron chi connectivity index (χ2n) is 29.9. The van der Waals surface area contributed by atoms with E-state index in [1.165, 1.54) is 218 Å². The predicted octanol–water partition coefficient (Wildman–Crippen LogP) is 23.4. The van der Waals surface area contributed by atoms with Gasteiger partial charge in [0.05, 0.1) is 26.4 Å². The molecule has 0 aliphatic heterocycles. The minimum Gasteiger partial charge on any atom is -0.462 e. The average molecular weight is 1440 g/mol. The molecule has 5 atom stereocenters. The number of ether oxygens (including phenoxy) is 4. The first-order chi connectivity index (χ1) is 47.2. The van der Waals surface area contributed by atoms with Crippen molar-refractivity contribution in [3.63, 3.8) is 0 Å². The molecule has 0 saturated heterocycles. The summed E-state index contributed by atoms with van der Waals surface area (Å²) in [6, 6.07) is 0. The highest BCUT2D eigenvalue weighted by Gasteiger charge is 2.30. The third-order valence-electron chi connectivity index (χ3n) is 18.4. The molecule has 0 amide bonds. The van der Waals surface area contributed by atoms with Crippen molar-refractivity contribution in [2.45, 2.75) is 426 Å².